The molecule has 15 heteroatoms. The zero-order valence-corrected chi connectivity index (χ0v) is 12.6. The van der Waals surface area contributed by atoms with Gasteiger partial charge in [-0.1, -0.05) is 0 Å². The van der Waals surface area contributed by atoms with Crippen LogP contribution in [0.5, 0.6) is 0 Å². The van der Waals surface area contributed by atoms with Crippen molar-refractivity contribution in [1.29, 1.82) is 0 Å². The second-order valence-corrected chi connectivity index (χ2v) is 5.68. The fourth-order valence-electron chi connectivity index (χ4n) is 2.13. The van der Waals surface area contributed by atoms with Crippen LogP contribution in [0.3, 0.4) is 0 Å². The summed E-state index contributed by atoms with van der Waals surface area (Å²) in [6.07, 6.45) is -18.9. The lowest BCUT2D eigenvalue weighted by Gasteiger charge is -2.40. The highest BCUT2D eigenvalue weighted by Crippen LogP contribution is 2.40. The highest BCUT2D eigenvalue weighted by molar-refractivity contribution is 6.47. The molecule has 1 rings (SSSR count). The van der Waals surface area contributed by atoms with Gasteiger partial charge in [0.2, 0.25) is 5.91 Å². The molecule has 0 saturated heterocycles. The van der Waals surface area contributed by atoms with E-state index in [1.807, 2.05) is 0 Å². The van der Waals surface area contributed by atoms with Gasteiger partial charge in [-0.05, 0) is 6.92 Å². The number of rotatable bonds is 3. The van der Waals surface area contributed by atoms with Gasteiger partial charge in [0.05, 0.1) is 0 Å². The third-order valence-electron chi connectivity index (χ3n) is 3.32. The lowest BCUT2D eigenvalue weighted by molar-refractivity contribution is -0.259. The topological polar surface area (TPSA) is 114 Å². The fraction of sp³-hybridized carbons (Fsp3) is 0.727. The molecule has 0 fully saturated rings. The van der Waals surface area contributed by atoms with E-state index in [0.717, 1.165) is 0 Å². The van der Waals surface area contributed by atoms with Gasteiger partial charge >= 0.3 is 18.5 Å². The zero-order valence-electron chi connectivity index (χ0n) is 12.6. The Hall–Kier alpha value is -1.90. The van der Waals surface area contributed by atoms with Crippen molar-refractivity contribution in [3.8, 4) is 0 Å². The molecule has 3 atom stereocenters. The smallest absolute Gasteiger partial charge is 0.381 e. The van der Waals surface area contributed by atoms with E-state index >= 15 is 0 Å². The van der Waals surface area contributed by atoms with Crippen LogP contribution in [-0.4, -0.2) is 58.3 Å². The Labute approximate surface area is 138 Å². The number of nitrogens with two attached hydrogens (primary N) is 2. The Morgan fingerprint density at radius 3 is 1.81 bits per heavy atom. The van der Waals surface area contributed by atoms with Gasteiger partial charge in [-0.3, -0.25) is 14.8 Å². The maximum absolute atomic E-state index is 12.9. The molecule has 1 aliphatic rings. The summed E-state index contributed by atoms with van der Waals surface area (Å²) in [5, 5.41) is 9.40. The van der Waals surface area contributed by atoms with Crippen LogP contribution in [-0.2, 0) is 4.79 Å². The maximum Gasteiger partial charge on any atom is 0.435 e. The van der Waals surface area contributed by atoms with Crippen molar-refractivity contribution < 1.29 is 49.4 Å². The number of carbonyl (C=O) groups is 1. The molecule has 0 aromatic rings. The molecule has 5 N–H and O–H groups in total. The van der Waals surface area contributed by atoms with Crippen molar-refractivity contribution in [2.24, 2.45) is 21.5 Å². The zero-order chi connectivity index (χ0) is 20.9. The van der Waals surface area contributed by atoms with Crippen molar-refractivity contribution in [1.82, 2.24) is 0 Å². The molecule has 0 bridgehead atoms. The van der Waals surface area contributed by atoms with Gasteiger partial charge in [-0.2, -0.15) is 39.5 Å². The van der Waals surface area contributed by atoms with Gasteiger partial charge < -0.3 is 16.6 Å². The molecule has 0 saturated carbocycles. The molecule has 3 unspecified atom stereocenters. The molecular weight excluding hydrogens is 391 g/mol. The quantitative estimate of drug-likeness (QED) is 0.617. The highest BCUT2D eigenvalue weighted by atomic mass is 19.4. The van der Waals surface area contributed by atoms with E-state index in [9.17, 15) is 49.4 Å². The first kappa shape index (κ1) is 22.1. The van der Waals surface area contributed by atoms with E-state index in [1.54, 1.807) is 0 Å². The predicted octanol–water partition coefficient (Wildman–Crippen LogP) is 1.22. The summed E-state index contributed by atoms with van der Waals surface area (Å²) in [6, 6.07) is -2.74. The van der Waals surface area contributed by atoms with Crippen molar-refractivity contribution in [2.45, 2.75) is 49.2 Å². The Morgan fingerprint density at radius 2 is 1.50 bits per heavy atom. The second kappa shape index (κ2) is 6.07. The molecule has 0 aliphatic carbocycles. The van der Waals surface area contributed by atoms with Crippen molar-refractivity contribution >= 4 is 17.3 Å². The summed E-state index contributed by atoms with van der Waals surface area (Å²) in [6.45, 7) is 0.0887. The molecule has 1 heterocycles. The van der Waals surface area contributed by atoms with Crippen LogP contribution in [0.1, 0.15) is 13.3 Å². The number of carbonyl (C=O) groups excluding carboxylic acids is 1. The Kier molecular flexibility index (Phi) is 5.17. The molecule has 6 nitrogen and oxygen atoms in total. The molecule has 26 heavy (non-hydrogen) atoms. The summed E-state index contributed by atoms with van der Waals surface area (Å²) in [5.41, 5.74) is -2.55. The Bertz CT molecular complexity index is 648. The maximum atomic E-state index is 12.9. The minimum atomic E-state index is -5.81. The molecular formula is C11H11F9N4O2. The van der Waals surface area contributed by atoms with Crippen molar-refractivity contribution in [2.75, 3.05) is 0 Å². The predicted molar refractivity (Wildman–Crippen MR) is 68.2 cm³/mol. The number of aliphatic imine (C=N–C) groups is 2. The largest absolute Gasteiger partial charge is 0.435 e. The van der Waals surface area contributed by atoms with Gasteiger partial charge in [-0.15, -0.1) is 0 Å². The number of hydrogen-bond acceptors (Lipinski definition) is 5. The van der Waals surface area contributed by atoms with Gasteiger partial charge in [0.15, 0.2) is 23.1 Å². The highest BCUT2D eigenvalue weighted by Gasteiger charge is 2.60. The lowest BCUT2D eigenvalue weighted by atomic mass is 9.85. The third-order valence-corrected chi connectivity index (χ3v) is 3.32. The monoisotopic (exact) mass is 402 g/mol. The SMILES string of the molecule is CC(O)(CC1(N)N=C(C(F)(F)F)C(C(F)(F)F)=NC1C(N)=O)C(F)(F)F. The lowest BCUT2D eigenvalue weighted by Crippen LogP contribution is -2.64. The first-order valence-corrected chi connectivity index (χ1v) is 6.42. The number of primary amides is 1. The van der Waals surface area contributed by atoms with E-state index < -0.39 is 59.6 Å². The number of halogens is 9. The van der Waals surface area contributed by atoms with Gasteiger partial charge in [-0.25, -0.2) is 0 Å². The van der Waals surface area contributed by atoms with Crippen LogP contribution in [0.15, 0.2) is 9.98 Å². The van der Waals surface area contributed by atoms with Crippen molar-refractivity contribution in [3.05, 3.63) is 0 Å². The Morgan fingerprint density at radius 1 is 1.08 bits per heavy atom. The minimum absolute atomic E-state index is 0.0887. The third kappa shape index (κ3) is 4.25. The summed E-state index contributed by atoms with van der Waals surface area (Å²) >= 11 is 0. The summed E-state index contributed by atoms with van der Waals surface area (Å²) < 4.78 is 115. The minimum Gasteiger partial charge on any atom is -0.381 e. The number of alkyl halides is 9. The molecule has 0 spiro atoms. The van der Waals surface area contributed by atoms with Gasteiger partial charge in [0.1, 0.15) is 5.66 Å². The van der Waals surface area contributed by atoms with Gasteiger partial charge in [0, 0.05) is 6.42 Å². The van der Waals surface area contributed by atoms with Crippen LogP contribution in [0, 0.1) is 0 Å². The van der Waals surface area contributed by atoms with E-state index in [0.29, 0.717) is 0 Å². The standard InChI is InChI=1S/C11H11F9N4O2/c1-7(26,11(18,19)20)2-8(22)5(6(21)25)23-3(9(12,13)14)4(24-8)10(15,16)17/h5,26H,2,22H2,1H3,(H2,21,25). The molecule has 1 amide bonds. The second-order valence-electron chi connectivity index (χ2n) is 5.68. The van der Waals surface area contributed by atoms with Gasteiger partial charge in [0.25, 0.3) is 0 Å². The average Bonchev–Trinajstić information content (AvgIpc) is 2.32. The molecule has 0 aromatic heterocycles. The molecule has 1 aliphatic heterocycles. The molecule has 150 valence electrons. The number of aliphatic hydroxyl groups is 1. The van der Waals surface area contributed by atoms with Crippen molar-refractivity contribution in [3.63, 3.8) is 0 Å². The molecule has 0 radical (unpaired) electrons. The van der Waals surface area contributed by atoms with Crippen LogP contribution in [0.2, 0.25) is 0 Å². The normalized spacial score (nSPS) is 27.5. The summed E-state index contributed by atoms with van der Waals surface area (Å²) in [7, 11) is 0. The summed E-state index contributed by atoms with van der Waals surface area (Å²) in [5.74, 6) is -1.86. The fourth-order valence-corrected chi connectivity index (χ4v) is 2.13. The number of hydrogen-bond donors (Lipinski definition) is 3. The van der Waals surface area contributed by atoms with E-state index in [2.05, 4.69) is 9.98 Å². The number of nitrogens with zero attached hydrogens (tertiary/aromatic N) is 2. The van der Waals surface area contributed by atoms with E-state index in [1.165, 1.54) is 0 Å². The van der Waals surface area contributed by atoms with Crippen LogP contribution in [0.4, 0.5) is 39.5 Å². The summed E-state index contributed by atoms with van der Waals surface area (Å²) in [4.78, 5) is 16.3. The Balaban J connectivity index is 3.63. The number of amides is 1. The van der Waals surface area contributed by atoms with E-state index in [-0.39, 0.29) is 6.92 Å². The van der Waals surface area contributed by atoms with Crippen LogP contribution < -0.4 is 11.5 Å². The van der Waals surface area contributed by atoms with Crippen LogP contribution in [0.25, 0.3) is 0 Å². The molecule has 0 aromatic carbocycles. The average molecular weight is 402 g/mol. The first-order valence-electron chi connectivity index (χ1n) is 6.42. The van der Waals surface area contributed by atoms with E-state index in [4.69, 9.17) is 11.5 Å². The van der Waals surface area contributed by atoms with Crippen LogP contribution >= 0.6 is 0 Å². The first-order chi connectivity index (χ1) is 11.2.